The molecule has 2 N–H and O–H groups in total. The molecule has 5 nitrogen and oxygen atoms in total. The fourth-order valence-corrected chi connectivity index (χ4v) is 4.10. The molecule has 1 fully saturated rings. The number of hydrogen-bond acceptors (Lipinski definition) is 2. The van der Waals surface area contributed by atoms with E-state index in [-0.39, 0.29) is 11.2 Å². The lowest BCUT2D eigenvalue weighted by molar-refractivity contribution is -0.193. The number of rotatable bonds is 3. The largest absolute Gasteiger partial charge is 0.403 e. The minimum absolute atomic E-state index is 0.181. The van der Waals surface area contributed by atoms with Gasteiger partial charge in [-0.15, -0.1) is 0 Å². The predicted molar refractivity (Wildman–Crippen MR) is 64.9 cm³/mol. The quantitative estimate of drug-likeness (QED) is 0.599. The Hall–Kier alpha value is -0.350. The third-order valence-corrected chi connectivity index (χ3v) is 5.09. The number of hydrogen-bond donors (Lipinski definition) is 2. The van der Waals surface area contributed by atoms with E-state index in [1.165, 1.54) is 7.05 Å². The average molecular weight is 358 g/mol. The predicted octanol–water partition coefficient (Wildman–Crippen LogP) is 2.36. The van der Waals surface area contributed by atoms with Crippen LogP contribution in [0.1, 0.15) is 19.8 Å². The highest BCUT2D eigenvalue weighted by Crippen LogP contribution is 2.53. The van der Waals surface area contributed by atoms with E-state index in [4.69, 9.17) is 0 Å². The molecule has 132 valence electrons. The van der Waals surface area contributed by atoms with Crippen molar-refractivity contribution in [1.29, 1.82) is 0 Å². The smallest absolute Gasteiger partial charge is 0.312 e. The van der Waals surface area contributed by atoms with Crippen molar-refractivity contribution < 1.29 is 40.7 Å². The van der Waals surface area contributed by atoms with E-state index < -0.39 is 51.1 Å². The fourth-order valence-electron chi connectivity index (χ4n) is 2.95. The summed E-state index contributed by atoms with van der Waals surface area (Å²) in [4.78, 5) is 19.6. The summed E-state index contributed by atoms with van der Waals surface area (Å²) in [7, 11) is -3.93. The average Bonchev–Trinajstić information content (AvgIpc) is 2.18. The maximum Gasteiger partial charge on any atom is 0.403 e. The Labute approximate surface area is 123 Å². The molecular formula is C10H17F6N2O3P. The molecule has 0 saturated carbocycles. The highest BCUT2D eigenvalue weighted by molar-refractivity contribution is 7.49. The van der Waals surface area contributed by atoms with Crippen molar-refractivity contribution in [2.75, 3.05) is 20.1 Å². The van der Waals surface area contributed by atoms with Crippen LogP contribution >= 0.6 is 7.75 Å². The second-order valence-corrected chi connectivity index (χ2v) is 7.11. The molecule has 1 heterocycles. The van der Waals surface area contributed by atoms with Crippen molar-refractivity contribution in [3.63, 3.8) is 0 Å². The molecule has 0 amide bonds. The molecule has 0 radical (unpaired) electrons. The molecule has 0 spiro atoms. The Kier molecular flexibility index (Phi) is 5.31. The summed E-state index contributed by atoms with van der Waals surface area (Å²) in [6.45, 7) is 0.173. The lowest BCUT2D eigenvalue weighted by Crippen LogP contribution is -2.66. The SMILES string of the molecule is CN1CCN(P(=O)(O)O)C(C)(CC(F)(F)F)C1CC(F)(F)F. The van der Waals surface area contributed by atoms with Crippen LogP contribution in [-0.4, -0.2) is 63.4 Å². The van der Waals surface area contributed by atoms with Gasteiger partial charge in [0, 0.05) is 19.1 Å². The van der Waals surface area contributed by atoms with E-state index in [2.05, 4.69) is 0 Å². The molecule has 1 rings (SSSR count). The van der Waals surface area contributed by atoms with Gasteiger partial charge in [-0.1, -0.05) is 0 Å². The van der Waals surface area contributed by atoms with E-state index in [0.717, 1.165) is 11.8 Å². The zero-order chi connectivity index (χ0) is 17.6. The minimum Gasteiger partial charge on any atom is -0.312 e. The van der Waals surface area contributed by atoms with Gasteiger partial charge in [-0.3, -0.25) is 4.90 Å². The summed E-state index contributed by atoms with van der Waals surface area (Å²) in [6.07, 6.45) is -13.0. The van der Waals surface area contributed by atoms with Crippen molar-refractivity contribution in [3.8, 4) is 0 Å². The van der Waals surface area contributed by atoms with Crippen LogP contribution in [0.4, 0.5) is 26.3 Å². The third-order valence-electron chi connectivity index (χ3n) is 3.80. The van der Waals surface area contributed by atoms with Crippen LogP contribution < -0.4 is 0 Å². The van der Waals surface area contributed by atoms with Gasteiger partial charge in [0.15, 0.2) is 0 Å². The Bertz CT molecular complexity index is 451. The summed E-state index contributed by atoms with van der Waals surface area (Å²) in [5, 5.41) is 0. The van der Waals surface area contributed by atoms with Crippen LogP contribution in [0.15, 0.2) is 0 Å². The van der Waals surface area contributed by atoms with Gasteiger partial charge in [-0.2, -0.15) is 26.3 Å². The van der Waals surface area contributed by atoms with Gasteiger partial charge in [0.1, 0.15) is 0 Å². The Morgan fingerprint density at radius 2 is 1.64 bits per heavy atom. The normalized spacial score (nSPS) is 29.8. The minimum atomic E-state index is -5.14. The van der Waals surface area contributed by atoms with Crippen LogP contribution in [-0.2, 0) is 4.57 Å². The van der Waals surface area contributed by atoms with Crippen molar-refractivity contribution in [2.45, 2.75) is 43.7 Å². The second kappa shape index (κ2) is 5.94. The highest BCUT2D eigenvalue weighted by atomic mass is 31.2. The molecule has 2 atom stereocenters. The van der Waals surface area contributed by atoms with Gasteiger partial charge in [0.2, 0.25) is 0 Å². The first-order valence-corrected chi connectivity index (χ1v) is 7.80. The van der Waals surface area contributed by atoms with Crippen molar-refractivity contribution in [2.24, 2.45) is 0 Å². The number of halogens is 6. The van der Waals surface area contributed by atoms with E-state index >= 15 is 0 Å². The number of alkyl halides is 6. The molecular weight excluding hydrogens is 341 g/mol. The van der Waals surface area contributed by atoms with E-state index in [1.54, 1.807) is 0 Å². The maximum absolute atomic E-state index is 12.8. The molecule has 0 aliphatic carbocycles. The number of nitrogens with zero attached hydrogens (tertiary/aromatic N) is 2. The lowest BCUT2D eigenvalue weighted by Gasteiger charge is -2.53. The molecule has 0 bridgehead atoms. The number of likely N-dealkylation sites (N-methyl/N-ethyl adjacent to an activating group) is 1. The first kappa shape index (κ1) is 19.7. The van der Waals surface area contributed by atoms with Crippen LogP contribution in [0.25, 0.3) is 0 Å². The van der Waals surface area contributed by atoms with Crippen molar-refractivity contribution in [3.05, 3.63) is 0 Å². The topological polar surface area (TPSA) is 64.0 Å². The molecule has 1 saturated heterocycles. The van der Waals surface area contributed by atoms with E-state index in [0.29, 0.717) is 0 Å². The highest BCUT2D eigenvalue weighted by Gasteiger charge is 2.57. The first-order chi connectivity index (χ1) is 9.56. The van der Waals surface area contributed by atoms with Gasteiger partial charge in [0.05, 0.1) is 18.4 Å². The summed E-state index contributed by atoms with van der Waals surface area (Å²) in [6, 6.07) is -1.73. The van der Waals surface area contributed by atoms with E-state index in [1.807, 2.05) is 0 Å². The van der Waals surface area contributed by atoms with Crippen LogP contribution in [0.2, 0.25) is 0 Å². The Balaban J connectivity index is 3.31. The summed E-state index contributed by atoms with van der Waals surface area (Å²) < 4.78 is 88.2. The summed E-state index contributed by atoms with van der Waals surface area (Å²) in [5.74, 6) is 0. The number of piperazine rings is 1. The molecule has 22 heavy (non-hydrogen) atoms. The second-order valence-electron chi connectivity index (χ2n) is 5.60. The van der Waals surface area contributed by atoms with Crippen LogP contribution in [0, 0.1) is 0 Å². The molecule has 2 unspecified atom stereocenters. The Morgan fingerprint density at radius 1 is 1.14 bits per heavy atom. The van der Waals surface area contributed by atoms with Crippen LogP contribution in [0.5, 0.6) is 0 Å². The zero-order valence-electron chi connectivity index (χ0n) is 11.8. The zero-order valence-corrected chi connectivity index (χ0v) is 12.7. The lowest BCUT2D eigenvalue weighted by atomic mass is 9.83. The summed E-state index contributed by atoms with van der Waals surface area (Å²) in [5.41, 5.74) is -2.39. The monoisotopic (exact) mass is 358 g/mol. The molecule has 1 aliphatic heterocycles. The van der Waals surface area contributed by atoms with Crippen LogP contribution in [0.3, 0.4) is 0 Å². The van der Waals surface area contributed by atoms with Gasteiger partial charge >= 0.3 is 20.1 Å². The van der Waals surface area contributed by atoms with Crippen molar-refractivity contribution in [1.82, 2.24) is 9.57 Å². The molecule has 12 heteroatoms. The third kappa shape index (κ3) is 4.82. The van der Waals surface area contributed by atoms with Gasteiger partial charge in [-0.05, 0) is 14.0 Å². The van der Waals surface area contributed by atoms with Gasteiger partial charge in [0.25, 0.3) is 0 Å². The molecule has 0 aromatic carbocycles. The summed E-state index contributed by atoms with van der Waals surface area (Å²) >= 11 is 0. The Morgan fingerprint density at radius 3 is 2.00 bits per heavy atom. The molecule has 0 aromatic heterocycles. The first-order valence-electron chi connectivity index (χ1n) is 6.24. The molecule has 1 aliphatic rings. The fraction of sp³-hybridized carbons (Fsp3) is 1.00. The standard InChI is InChI=1S/C10H17F6N2O3P/c1-8(6-10(14,15)16)7(5-9(11,12)13)17(2)3-4-18(8)22(19,20)21/h7H,3-6H2,1-2H3,(H2,19,20,21). The van der Waals surface area contributed by atoms with Gasteiger partial charge < -0.3 is 9.79 Å². The molecule has 0 aromatic rings. The van der Waals surface area contributed by atoms with Crippen molar-refractivity contribution >= 4 is 7.75 Å². The van der Waals surface area contributed by atoms with E-state index in [9.17, 15) is 40.7 Å². The van der Waals surface area contributed by atoms with Gasteiger partial charge in [-0.25, -0.2) is 9.24 Å². The maximum atomic E-state index is 12.8.